The first-order chi connectivity index (χ1) is 4.79. The average molecular weight is 140 g/mol. The van der Waals surface area contributed by atoms with Crippen molar-refractivity contribution in [3.63, 3.8) is 0 Å². The molecule has 0 atom stereocenters. The first kappa shape index (κ1) is 6.53. The average Bonchev–Trinajstić information content (AvgIpc) is 1.88. The molecule has 10 heavy (non-hydrogen) atoms. The standard InChI is InChI=1S/C4H4N4O2/c9-4(10)1-3-7-5-2-6-8-3/h2H,1H2,(H,9,10). The molecule has 1 heterocycles. The third-order valence-electron chi connectivity index (χ3n) is 0.759. The van der Waals surface area contributed by atoms with Gasteiger partial charge in [-0.3, -0.25) is 4.79 Å². The Balaban J connectivity index is 2.67. The van der Waals surface area contributed by atoms with Gasteiger partial charge in [0.25, 0.3) is 0 Å². The van der Waals surface area contributed by atoms with Crippen molar-refractivity contribution in [3.8, 4) is 0 Å². The lowest BCUT2D eigenvalue weighted by atomic mass is 10.4. The van der Waals surface area contributed by atoms with E-state index in [2.05, 4.69) is 20.4 Å². The normalized spacial score (nSPS) is 9.20. The van der Waals surface area contributed by atoms with Gasteiger partial charge < -0.3 is 5.11 Å². The molecule has 6 nitrogen and oxygen atoms in total. The van der Waals surface area contributed by atoms with Crippen LogP contribution in [-0.2, 0) is 11.2 Å². The van der Waals surface area contributed by atoms with Crippen LogP contribution >= 0.6 is 0 Å². The third kappa shape index (κ3) is 1.73. The van der Waals surface area contributed by atoms with Crippen LogP contribution < -0.4 is 0 Å². The molecular weight excluding hydrogens is 136 g/mol. The fourth-order valence-electron chi connectivity index (χ4n) is 0.434. The van der Waals surface area contributed by atoms with Crippen molar-refractivity contribution in [1.29, 1.82) is 0 Å². The summed E-state index contributed by atoms with van der Waals surface area (Å²) in [6.45, 7) is 0. The van der Waals surface area contributed by atoms with Crippen LogP contribution in [0.4, 0.5) is 0 Å². The number of rotatable bonds is 2. The number of aliphatic carboxylic acids is 1. The Bertz CT molecular complexity index is 224. The zero-order valence-corrected chi connectivity index (χ0v) is 4.93. The molecule has 0 fully saturated rings. The fourth-order valence-corrected chi connectivity index (χ4v) is 0.434. The van der Waals surface area contributed by atoms with Crippen molar-refractivity contribution in [2.24, 2.45) is 0 Å². The molecule has 0 aliphatic carbocycles. The topological polar surface area (TPSA) is 88.9 Å². The van der Waals surface area contributed by atoms with Crippen LogP contribution in [0.2, 0.25) is 0 Å². The van der Waals surface area contributed by atoms with Gasteiger partial charge in [-0.15, -0.1) is 20.4 Å². The second-order valence-electron chi connectivity index (χ2n) is 1.53. The minimum atomic E-state index is -0.991. The van der Waals surface area contributed by atoms with Crippen molar-refractivity contribution in [3.05, 3.63) is 12.2 Å². The smallest absolute Gasteiger partial charge is 0.311 e. The Hall–Kier alpha value is -1.59. The molecule has 1 N–H and O–H groups in total. The van der Waals surface area contributed by atoms with Gasteiger partial charge in [-0.2, -0.15) is 0 Å². The quantitative estimate of drug-likeness (QED) is 0.560. The van der Waals surface area contributed by atoms with Gasteiger partial charge in [0.1, 0.15) is 6.42 Å². The van der Waals surface area contributed by atoms with Crippen molar-refractivity contribution in [2.45, 2.75) is 6.42 Å². The molecule has 0 amide bonds. The monoisotopic (exact) mass is 140 g/mol. The Labute approximate surface area is 55.9 Å². The number of hydrogen-bond donors (Lipinski definition) is 1. The lowest BCUT2D eigenvalue weighted by Gasteiger charge is -1.88. The molecule has 1 aromatic heterocycles. The van der Waals surface area contributed by atoms with Crippen LogP contribution in [0.25, 0.3) is 0 Å². The van der Waals surface area contributed by atoms with E-state index in [0.717, 1.165) is 6.33 Å². The molecule has 1 rings (SSSR count). The van der Waals surface area contributed by atoms with Gasteiger partial charge in [-0.25, -0.2) is 0 Å². The maximum absolute atomic E-state index is 10.0. The summed E-state index contributed by atoms with van der Waals surface area (Å²) >= 11 is 0. The summed E-state index contributed by atoms with van der Waals surface area (Å²) in [6, 6.07) is 0. The maximum atomic E-state index is 10.0. The van der Waals surface area contributed by atoms with Crippen LogP contribution in [0, 0.1) is 0 Å². The molecule has 0 aromatic carbocycles. The second kappa shape index (κ2) is 2.81. The fraction of sp³-hybridized carbons (Fsp3) is 0.250. The molecule has 6 heteroatoms. The van der Waals surface area contributed by atoms with E-state index >= 15 is 0 Å². The van der Waals surface area contributed by atoms with E-state index < -0.39 is 5.97 Å². The minimum absolute atomic E-state index is 0.120. The number of nitrogens with zero attached hydrogens (tertiary/aromatic N) is 4. The van der Waals surface area contributed by atoms with Gasteiger partial charge >= 0.3 is 5.97 Å². The van der Waals surface area contributed by atoms with E-state index in [1.807, 2.05) is 0 Å². The van der Waals surface area contributed by atoms with E-state index in [-0.39, 0.29) is 12.2 Å². The molecule has 0 aliphatic rings. The first-order valence-corrected chi connectivity index (χ1v) is 2.50. The lowest BCUT2D eigenvalue weighted by molar-refractivity contribution is -0.136. The van der Waals surface area contributed by atoms with Gasteiger partial charge in [0, 0.05) is 0 Å². The molecule has 1 aromatic rings. The molecule has 0 saturated heterocycles. The van der Waals surface area contributed by atoms with Crippen molar-refractivity contribution in [2.75, 3.05) is 0 Å². The Morgan fingerprint density at radius 2 is 2.10 bits per heavy atom. The summed E-state index contributed by atoms with van der Waals surface area (Å²) in [5.74, 6) is -0.871. The predicted octanol–water partition coefficient (Wildman–Crippen LogP) is -1.11. The number of carboxylic acids is 1. The van der Waals surface area contributed by atoms with Crippen molar-refractivity contribution in [1.82, 2.24) is 20.4 Å². The predicted molar refractivity (Wildman–Crippen MR) is 29.0 cm³/mol. The third-order valence-corrected chi connectivity index (χ3v) is 0.759. The first-order valence-electron chi connectivity index (χ1n) is 2.50. The molecule has 0 unspecified atom stereocenters. The highest BCUT2D eigenvalue weighted by Crippen LogP contribution is 1.83. The highest BCUT2D eigenvalue weighted by atomic mass is 16.4. The molecule has 0 spiro atoms. The highest BCUT2D eigenvalue weighted by molar-refractivity contribution is 5.68. The number of carbonyl (C=O) groups is 1. The Morgan fingerprint density at radius 3 is 2.60 bits per heavy atom. The van der Waals surface area contributed by atoms with Crippen LogP contribution in [0.1, 0.15) is 5.82 Å². The molecule has 0 saturated carbocycles. The SMILES string of the molecule is O=C(O)Cc1nncnn1. The lowest BCUT2D eigenvalue weighted by Crippen LogP contribution is -2.06. The van der Waals surface area contributed by atoms with Gasteiger partial charge in [-0.1, -0.05) is 0 Å². The zero-order chi connectivity index (χ0) is 7.40. The maximum Gasteiger partial charge on any atom is 0.311 e. The summed E-state index contributed by atoms with van der Waals surface area (Å²) in [5.41, 5.74) is 0. The second-order valence-corrected chi connectivity index (χ2v) is 1.53. The largest absolute Gasteiger partial charge is 0.481 e. The van der Waals surface area contributed by atoms with Crippen molar-refractivity contribution < 1.29 is 9.90 Å². The van der Waals surface area contributed by atoms with Crippen LogP contribution in [0.3, 0.4) is 0 Å². The van der Waals surface area contributed by atoms with Gasteiger partial charge in [0.15, 0.2) is 12.2 Å². The molecule has 52 valence electrons. The van der Waals surface area contributed by atoms with Crippen LogP contribution in [0.15, 0.2) is 6.33 Å². The molecule has 0 aliphatic heterocycles. The van der Waals surface area contributed by atoms with E-state index in [4.69, 9.17) is 5.11 Å². The Morgan fingerprint density at radius 1 is 1.50 bits per heavy atom. The van der Waals surface area contributed by atoms with Gasteiger partial charge in [0.2, 0.25) is 0 Å². The van der Waals surface area contributed by atoms with E-state index in [9.17, 15) is 4.79 Å². The summed E-state index contributed by atoms with van der Waals surface area (Å²) < 4.78 is 0. The van der Waals surface area contributed by atoms with Crippen molar-refractivity contribution >= 4 is 5.97 Å². The summed E-state index contributed by atoms with van der Waals surface area (Å²) in [6.07, 6.45) is 0.909. The minimum Gasteiger partial charge on any atom is -0.481 e. The molecule has 0 bridgehead atoms. The summed E-state index contributed by atoms with van der Waals surface area (Å²) in [4.78, 5) is 10.0. The molecular formula is C4H4N4O2. The van der Waals surface area contributed by atoms with Crippen LogP contribution in [-0.4, -0.2) is 31.5 Å². The van der Waals surface area contributed by atoms with Gasteiger partial charge in [-0.05, 0) is 0 Å². The number of carboxylic acid groups (broad SMARTS) is 1. The van der Waals surface area contributed by atoms with E-state index in [1.54, 1.807) is 0 Å². The Kier molecular flexibility index (Phi) is 1.83. The summed E-state index contributed by atoms with van der Waals surface area (Å²) in [7, 11) is 0. The zero-order valence-electron chi connectivity index (χ0n) is 4.93. The number of hydrogen-bond acceptors (Lipinski definition) is 5. The number of aromatic nitrogens is 4. The summed E-state index contributed by atoms with van der Waals surface area (Å²) in [5, 5.41) is 21.8. The van der Waals surface area contributed by atoms with E-state index in [1.165, 1.54) is 0 Å². The van der Waals surface area contributed by atoms with Gasteiger partial charge in [0.05, 0.1) is 0 Å². The molecule has 0 radical (unpaired) electrons. The highest BCUT2D eigenvalue weighted by Gasteiger charge is 2.01. The van der Waals surface area contributed by atoms with Crippen LogP contribution in [0.5, 0.6) is 0 Å². The van der Waals surface area contributed by atoms with E-state index in [0.29, 0.717) is 0 Å².